The number of halogens is 1. The van der Waals surface area contributed by atoms with Crippen LogP contribution < -0.4 is 15.8 Å². The van der Waals surface area contributed by atoms with Gasteiger partial charge in [0.15, 0.2) is 5.72 Å². The monoisotopic (exact) mass is 484 g/mol. The van der Waals surface area contributed by atoms with E-state index < -0.39 is 29.6 Å². The second kappa shape index (κ2) is 6.78. The third-order valence-electron chi connectivity index (χ3n) is 6.30. The van der Waals surface area contributed by atoms with Crippen LogP contribution >= 0.6 is 15.9 Å². The molecule has 5 rings (SSSR count). The normalized spacial score (nSPS) is 27.6. The molecule has 3 N–H and O–H groups in total. The number of carbonyl (C=O) groups is 2. The summed E-state index contributed by atoms with van der Waals surface area (Å²) in [7, 11) is 3.06. The average molecular weight is 485 g/mol. The standard InChI is InChI=1S/C21H21BrN6O3/c1-25-16-11-27-14-5-3-4-6-15(14)28(23)19(27)24-21(31,12-7-9-13(22)10-8-12)17(16)18(29)26(2)20(25)30/h3-10,16-17,31H,11,23H2,1-2H3. The van der Waals surface area contributed by atoms with Gasteiger partial charge in [0.05, 0.1) is 17.4 Å². The van der Waals surface area contributed by atoms with Gasteiger partial charge in [-0.05, 0) is 24.3 Å². The van der Waals surface area contributed by atoms with E-state index in [2.05, 4.69) is 15.9 Å². The van der Waals surface area contributed by atoms with Crippen molar-refractivity contribution in [2.45, 2.75) is 11.8 Å². The summed E-state index contributed by atoms with van der Waals surface area (Å²) in [4.78, 5) is 35.2. The minimum atomic E-state index is -1.94. The molecule has 0 aromatic heterocycles. The molecule has 9 nitrogen and oxygen atoms in total. The van der Waals surface area contributed by atoms with Crippen molar-refractivity contribution in [2.75, 3.05) is 30.5 Å². The number of nitrogens with two attached hydrogens (primary N) is 1. The van der Waals surface area contributed by atoms with Gasteiger partial charge < -0.3 is 14.9 Å². The van der Waals surface area contributed by atoms with Crippen molar-refractivity contribution in [3.05, 3.63) is 58.6 Å². The first kappa shape index (κ1) is 20.0. The van der Waals surface area contributed by atoms with Gasteiger partial charge in [-0.2, -0.15) is 0 Å². The smallest absolute Gasteiger partial charge is 0.326 e. The molecule has 3 amide bonds. The van der Waals surface area contributed by atoms with Gasteiger partial charge in [-0.3, -0.25) is 9.69 Å². The Kier molecular flexibility index (Phi) is 4.37. The van der Waals surface area contributed by atoms with Crippen LogP contribution in [0, 0.1) is 5.92 Å². The van der Waals surface area contributed by atoms with Gasteiger partial charge in [-0.15, -0.1) is 0 Å². The Balaban J connectivity index is 1.76. The number of para-hydroxylation sites is 2. The molecule has 0 bridgehead atoms. The summed E-state index contributed by atoms with van der Waals surface area (Å²) in [5.41, 5.74) is 0.0323. The number of aliphatic hydroxyl groups is 1. The zero-order valence-electron chi connectivity index (χ0n) is 16.9. The van der Waals surface area contributed by atoms with E-state index in [0.29, 0.717) is 11.5 Å². The summed E-state index contributed by atoms with van der Waals surface area (Å²) >= 11 is 3.40. The number of imide groups is 1. The molecule has 0 spiro atoms. The molecule has 3 aliphatic heterocycles. The number of hydrogen-bond acceptors (Lipinski definition) is 7. The van der Waals surface area contributed by atoms with E-state index in [9.17, 15) is 14.7 Å². The summed E-state index contributed by atoms with van der Waals surface area (Å²) < 4.78 is 0.826. The molecule has 160 valence electrons. The Morgan fingerprint density at radius 2 is 1.74 bits per heavy atom. The van der Waals surface area contributed by atoms with Crippen LogP contribution in [0.15, 0.2) is 58.0 Å². The number of anilines is 2. The number of likely N-dealkylation sites (N-methyl/N-ethyl adjacent to an activating group) is 1. The number of nitrogens with zero attached hydrogens (tertiary/aromatic N) is 5. The van der Waals surface area contributed by atoms with Crippen molar-refractivity contribution in [1.29, 1.82) is 0 Å². The highest BCUT2D eigenvalue weighted by molar-refractivity contribution is 9.10. The van der Waals surface area contributed by atoms with Gasteiger partial charge in [0, 0.05) is 30.7 Å². The zero-order valence-corrected chi connectivity index (χ0v) is 18.5. The van der Waals surface area contributed by atoms with Crippen LogP contribution in [0.3, 0.4) is 0 Å². The Morgan fingerprint density at radius 1 is 1.10 bits per heavy atom. The van der Waals surface area contributed by atoms with E-state index in [0.717, 1.165) is 20.7 Å². The molecule has 0 aliphatic carbocycles. The SMILES string of the molecule is CN1C(=O)C2C(CN3C(=NC2(O)c2ccc(Br)cc2)N(N)c2ccccc23)N(C)C1=O. The predicted molar refractivity (Wildman–Crippen MR) is 119 cm³/mol. The first-order chi connectivity index (χ1) is 14.7. The van der Waals surface area contributed by atoms with E-state index in [1.807, 2.05) is 29.2 Å². The highest BCUT2D eigenvalue weighted by Crippen LogP contribution is 2.45. The zero-order chi connectivity index (χ0) is 22.1. The molecular weight excluding hydrogens is 464 g/mol. The quantitative estimate of drug-likeness (QED) is 0.596. The van der Waals surface area contributed by atoms with Crippen molar-refractivity contribution in [2.24, 2.45) is 16.8 Å². The molecule has 1 saturated heterocycles. The molecule has 1 fully saturated rings. The lowest BCUT2D eigenvalue weighted by molar-refractivity contribution is -0.151. The number of carbonyl (C=O) groups excluding carboxylic acids is 2. The van der Waals surface area contributed by atoms with Crippen molar-refractivity contribution >= 4 is 45.2 Å². The third kappa shape index (κ3) is 2.72. The molecule has 3 heterocycles. The molecule has 3 aliphatic rings. The molecule has 0 saturated carbocycles. The topological polar surface area (TPSA) is 106 Å². The van der Waals surface area contributed by atoms with Crippen LogP contribution in [0.2, 0.25) is 0 Å². The van der Waals surface area contributed by atoms with Crippen LogP contribution in [-0.2, 0) is 10.5 Å². The van der Waals surface area contributed by atoms with Gasteiger partial charge in [0.1, 0.15) is 5.92 Å². The van der Waals surface area contributed by atoms with E-state index in [-0.39, 0.29) is 6.54 Å². The second-order valence-corrected chi connectivity index (χ2v) is 8.87. The molecule has 2 aromatic carbocycles. The minimum Gasteiger partial charge on any atom is -0.365 e. The number of benzene rings is 2. The summed E-state index contributed by atoms with van der Waals surface area (Å²) in [5.74, 6) is 5.19. The number of amides is 3. The number of hydrogen-bond donors (Lipinski definition) is 2. The van der Waals surface area contributed by atoms with Crippen LogP contribution in [0.4, 0.5) is 16.2 Å². The fourth-order valence-electron chi connectivity index (χ4n) is 4.62. The van der Waals surface area contributed by atoms with Crippen LogP contribution in [0.1, 0.15) is 5.56 Å². The van der Waals surface area contributed by atoms with Crippen molar-refractivity contribution in [3.8, 4) is 0 Å². The Morgan fingerprint density at radius 3 is 2.42 bits per heavy atom. The first-order valence-electron chi connectivity index (χ1n) is 9.78. The van der Waals surface area contributed by atoms with Crippen molar-refractivity contribution < 1.29 is 14.7 Å². The summed E-state index contributed by atoms with van der Waals surface area (Å²) in [6.07, 6.45) is 0. The maximum Gasteiger partial charge on any atom is 0.326 e. The third-order valence-corrected chi connectivity index (χ3v) is 6.83. The summed E-state index contributed by atoms with van der Waals surface area (Å²) in [6.45, 7) is 0.259. The van der Waals surface area contributed by atoms with E-state index in [1.165, 1.54) is 17.0 Å². The van der Waals surface area contributed by atoms with Gasteiger partial charge in [-0.1, -0.05) is 40.2 Å². The predicted octanol–water partition coefficient (Wildman–Crippen LogP) is 1.67. The van der Waals surface area contributed by atoms with E-state index >= 15 is 0 Å². The maximum atomic E-state index is 13.3. The molecule has 10 heteroatoms. The number of hydrazine groups is 1. The first-order valence-corrected chi connectivity index (χ1v) is 10.6. The number of urea groups is 1. The lowest BCUT2D eigenvalue weighted by atomic mass is 9.81. The van der Waals surface area contributed by atoms with E-state index in [4.69, 9.17) is 10.8 Å². The molecule has 31 heavy (non-hydrogen) atoms. The molecule has 2 aromatic rings. The van der Waals surface area contributed by atoms with E-state index in [1.54, 1.807) is 31.3 Å². The molecule has 0 radical (unpaired) electrons. The second-order valence-electron chi connectivity index (χ2n) is 7.95. The minimum absolute atomic E-state index is 0.259. The van der Waals surface area contributed by atoms with Crippen LogP contribution in [-0.4, -0.2) is 59.5 Å². The fourth-order valence-corrected chi connectivity index (χ4v) is 4.89. The Hall–Kier alpha value is -2.95. The van der Waals surface area contributed by atoms with Gasteiger partial charge in [0.25, 0.3) is 0 Å². The fraction of sp³-hybridized carbons (Fsp3) is 0.286. The summed E-state index contributed by atoms with van der Waals surface area (Å²) in [5, 5.41) is 13.5. The number of guanidine groups is 1. The lowest BCUT2D eigenvalue weighted by Crippen LogP contribution is -2.65. The Labute approximate surface area is 187 Å². The van der Waals surface area contributed by atoms with Gasteiger partial charge in [-0.25, -0.2) is 20.6 Å². The molecule has 3 atom stereocenters. The summed E-state index contributed by atoms with van der Waals surface area (Å²) in [6, 6.07) is 13.4. The number of aliphatic imine (C=N–C) groups is 1. The maximum absolute atomic E-state index is 13.3. The number of fused-ring (bicyclic) bond motifs is 4. The average Bonchev–Trinajstić information content (AvgIpc) is 2.92. The van der Waals surface area contributed by atoms with Crippen molar-refractivity contribution in [3.63, 3.8) is 0 Å². The largest absolute Gasteiger partial charge is 0.365 e. The highest BCUT2D eigenvalue weighted by Gasteiger charge is 2.58. The molecular formula is C21H21BrN6O3. The Bertz CT molecular complexity index is 1120. The number of rotatable bonds is 1. The van der Waals surface area contributed by atoms with Crippen molar-refractivity contribution in [1.82, 2.24) is 9.80 Å². The van der Waals surface area contributed by atoms with Gasteiger partial charge >= 0.3 is 6.03 Å². The van der Waals surface area contributed by atoms with Gasteiger partial charge in [0.2, 0.25) is 11.9 Å². The van der Waals surface area contributed by atoms with Crippen LogP contribution in [0.25, 0.3) is 0 Å². The lowest BCUT2D eigenvalue weighted by Gasteiger charge is -2.45. The highest BCUT2D eigenvalue weighted by atomic mass is 79.9. The molecule has 3 unspecified atom stereocenters. The van der Waals surface area contributed by atoms with Crippen LogP contribution in [0.5, 0.6) is 0 Å².